The molecule has 0 bridgehead atoms. The van der Waals surface area contributed by atoms with Crippen molar-refractivity contribution in [1.29, 1.82) is 0 Å². The number of aromatic nitrogens is 2. The van der Waals surface area contributed by atoms with Crippen molar-refractivity contribution in [3.63, 3.8) is 0 Å². The molecular weight excluding hydrogens is 408 g/mol. The highest BCUT2D eigenvalue weighted by atomic mass is 16.5. The number of nitrogens with one attached hydrogen (secondary N) is 2. The molecule has 0 aliphatic carbocycles. The summed E-state index contributed by atoms with van der Waals surface area (Å²) >= 11 is 0. The van der Waals surface area contributed by atoms with E-state index in [9.17, 15) is 9.59 Å². The highest BCUT2D eigenvalue weighted by Gasteiger charge is 2.10. The molecule has 1 amide bonds. The Kier molecular flexibility index (Phi) is 9.19. The Morgan fingerprint density at radius 1 is 0.750 bits per heavy atom. The number of ether oxygens (including phenoxy) is 1. The number of hydrogen-bond donors (Lipinski definition) is 5. The van der Waals surface area contributed by atoms with Gasteiger partial charge in [-0.2, -0.15) is 0 Å². The maximum absolute atomic E-state index is 11.3. The summed E-state index contributed by atoms with van der Waals surface area (Å²) in [6.45, 7) is 8.19. The molecule has 2 heterocycles. The fraction of sp³-hybridized carbons (Fsp3) is 0.250. The standard InChI is InChI=1S/C12H13NO2.C11H12N2O.CH4O.H3N/c1-7-4-9-6-11(12(14)15-3)13-10(9)5-8(7)2;1-6-3-8-5-10(11(12)14)13-9(8)4-7(6)2;1-2;/h4-6,13H,1-3H3;3-5,13H,1-2H3,(H2,12,14);2H,1H3;1H3. The first-order valence-corrected chi connectivity index (χ1v) is 9.72. The van der Waals surface area contributed by atoms with Gasteiger partial charge < -0.3 is 31.7 Å². The van der Waals surface area contributed by atoms with Gasteiger partial charge in [0.1, 0.15) is 11.4 Å². The molecule has 0 spiro atoms. The first-order valence-electron chi connectivity index (χ1n) is 9.72. The zero-order valence-electron chi connectivity index (χ0n) is 19.4. The Morgan fingerprint density at radius 2 is 1.12 bits per heavy atom. The van der Waals surface area contributed by atoms with E-state index in [4.69, 9.17) is 10.8 Å². The number of nitrogens with two attached hydrogens (primary N) is 1. The van der Waals surface area contributed by atoms with Crippen LogP contribution >= 0.6 is 0 Å². The predicted molar refractivity (Wildman–Crippen MR) is 129 cm³/mol. The minimum absolute atomic E-state index is 0. The number of amides is 1. The van der Waals surface area contributed by atoms with Crippen LogP contribution in [0.5, 0.6) is 0 Å². The first-order chi connectivity index (χ1) is 14.7. The Labute approximate surface area is 187 Å². The fourth-order valence-electron chi connectivity index (χ4n) is 3.16. The number of aryl methyl sites for hydroxylation is 4. The van der Waals surface area contributed by atoms with Crippen LogP contribution in [0.25, 0.3) is 21.8 Å². The van der Waals surface area contributed by atoms with Crippen LogP contribution in [0.4, 0.5) is 0 Å². The molecule has 8 heteroatoms. The zero-order valence-corrected chi connectivity index (χ0v) is 19.4. The lowest BCUT2D eigenvalue weighted by molar-refractivity contribution is 0.0595. The summed E-state index contributed by atoms with van der Waals surface area (Å²) < 4.78 is 4.66. The Bertz CT molecular complexity index is 1160. The quantitative estimate of drug-likeness (QED) is 0.295. The Hall–Kier alpha value is -3.62. The number of aliphatic hydroxyl groups excluding tert-OH is 1. The van der Waals surface area contributed by atoms with Crippen molar-refractivity contribution >= 4 is 33.7 Å². The van der Waals surface area contributed by atoms with Crippen LogP contribution in [0.1, 0.15) is 43.2 Å². The van der Waals surface area contributed by atoms with Crippen LogP contribution in [-0.2, 0) is 4.74 Å². The summed E-state index contributed by atoms with van der Waals surface area (Å²) in [5, 5.41) is 9.07. The summed E-state index contributed by atoms with van der Waals surface area (Å²) in [5.74, 6) is -0.752. The average Bonchev–Trinajstić information content (AvgIpc) is 3.34. The smallest absolute Gasteiger partial charge is 0.354 e. The lowest BCUT2D eigenvalue weighted by Crippen LogP contribution is -2.10. The van der Waals surface area contributed by atoms with Crippen LogP contribution in [0.2, 0.25) is 0 Å². The summed E-state index contributed by atoms with van der Waals surface area (Å²) in [6.07, 6.45) is 0. The van der Waals surface area contributed by atoms with Crippen LogP contribution in [0, 0.1) is 27.7 Å². The number of aliphatic hydroxyl groups is 1. The van der Waals surface area contributed by atoms with E-state index >= 15 is 0 Å². The van der Waals surface area contributed by atoms with E-state index in [1.807, 2.05) is 45.0 Å². The maximum atomic E-state index is 11.3. The van der Waals surface area contributed by atoms with E-state index < -0.39 is 5.91 Å². The molecule has 8 nitrogen and oxygen atoms in total. The first kappa shape index (κ1) is 26.4. The molecule has 8 N–H and O–H groups in total. The topological polar surface area (TPSA) is 156 Å². The molecule has 0 atom stereocenters. The lowest BCUT2D eigenvalue weighted by atomic mass is 10.1. The molecule has 4 aromatic rings. The Balaban J connectivity index is 0.000000289. The highest BCUT2D eigenvalue weighted by molar-refractivity contribution is 5.97. The molecule has 0 unspecified atom stereocenters. The molecule has 0 aliphatic heterocycles. The largest absolute Gasteiger partial charge is 0.464 e. The van der Waals surface area contributed by atoms with Crippen LogP contribution in [-0.4, -0.2) is 41.2 Å². The molecule has 2 aromatic heterocycles. The van der Waals surface area contributed by atoms with Crippen LogP contribution in [0.3, 0.4) is 0 Å². The van der Waals surface area contributed by atoms with Gasteiger partial charge in [0.25, 0.3) is 5.91 Å². The van der Waals surface area contributed by atoms with Gasteiger partial charge in [-0.15, -0.1) is 0 Å². The third-order valence-corrected chi connectivity index (χ3v) is 5.14. The fourth-order valence-corrected chi connectivity index (χ4v) is 3.16. The number of aromatic amines is 2. The summed E-state index contributed by atoms with van der Waals surface area (Å²) in [5.41, 5.74) is 12.9. The molecule has 172 valence electrons. The monoisotopic (exact) mass is 440 g/mol. The van der Waals surface area contributed by atoms with Crippen molar-refractivity contribution in [3.8, 4) is 0 Å². The number of H-pyrrole nitrogens is 2. The van der Waals surface area contributed by atoms with Crippen LogP contribution in [0.15, 0.2) is 36.4 Å². The van der Waals surface area contributed by atoms with Gasteiger partial charge in [-0.3, -0.25) is 4.79 Å². The van der Waals surface area contributed by atoms with Gasteiger partial charge in [0.2, 0.25) is 0 Å². The third-order valence-electron chi connectivity index (χ3n) is 5.14. The second-order valence-corrected chi connectivity index (χ2v) is 7.27. The number of fused-ring (bicyclic) bond motifs is 2. The number of methoxy groups -OCH3 is 1. The number of esters is 1. The zero-order chi connectivity index (χ0) is 23.3. The van der Waals surface area contributed by atoms with E-state index in [0.29, 0.717) is 11.4 Å². The summed E-state index contributed by atoms with van der Waals surface area (Å²) in [6, 6.07) is 11.8. The minimum atomic E-state index is -0.420. The van der Waals surface area contributed by atoms with Gasteiger partial charge in [0.15, 0.2) is 0 Å². The van der Waals surface area contributed by atoms with Gasteiger partial charge >= 0.3 is 5.97 Å². The van der Waals surface area contributed by atoms with Gasteiger partial charge in [0.05, 0.1) is 7.11 Å². The van der Waals surface area contributed by atoms with E-state index in [1.54, 1.807) is 6.07 Å². The summed E-state index contributed by atoms with van der Waals surface area (Å²) in [7, 11) is 2.38. The Morgan fingerprint density at radius 3 is 1.53 bits per heavy atom. The van der Waals surface area contributed by atoms with Crippen molar-refractivity contribution in [1.82, 2.24) is 16.1 Å². The van der Waals surface area contributed by atoms with Gasteiger partial charge in [-0.25, -0.2) is 4.79 Å². The van der Waals surface area contributed by atoms with E-state index in [0.717, 1.165) is 28.9 Å². The number of carbonyl (C=O) groups excluding carboxylic acids is 2. The van der Waals surface area contributed by atoms with Crippen LogP contribution < -0.4 is 11.9 Å². The molecule has 2 aromatic carbocycles. The average molecular weight is 441 g/mol. The second-order valence-electron chi connectivity index (χ2n) is 7.27. The van der Waals surface area contributed by atoms with E-state index in [-0.39, 0.29) is 12.1 Å². The lowest BCUT2D eigenvalue weighted by Gasteiger charge is -1.98. The molecule has 32 heavy (non-hydrogen) atoms. The molecule has 4 rings (SSSR count). The molecular formula is C24H32N4O4. The van der Waals surface area contributed by atoms with Gasteiger partial charge in [0, 0.05) is 28.9 Å². The predicted octanol–water partition coefficient (Wildman–Crippen LogP) is 4.23. The maximum Gasteiger partial charge on any atom is 0.354 e. The summed E-state index contributed by atoms with van der Waals surface area (Å²) in [4.78, 5) is 28.3. The normalized spacial score (nSPS) is 9.84. The highest BCUT2D eigenvalue weighted by Crippen LogP contribution is 2.21. The minimum Gasteiger partial charge on any atom is -0.464 e. The molecule has 0 aliphatic rings. The number of hydrogen-bond acceptors (Lipinski definition) is 5. The number of rotatable bonds is 2. The van der Waals surface area contributed by atoms with Gasteiger partial charge in [-0.1, -0.05) is 0 Å². The third kappa shape index (κ3) is 5.75. The van der Waals surface area contributed by atoms with E-state index in [1.165, 1.54) is 29.4 Å². The second kappa shape index (κ2) is 11.1. The van der Waals surface area contributed by atoms with Crippen molar-refractivity contribution in [2.45, 2.75) is 27.7 Å². The molecule has 0 saturated heterocycles. The van der Waals surface area contributed by atoms with Crippen molar-refractivity contribution in [2.24, 2.45) is 5.73 Å². The molecule has 0 fully saturated rings. The molecule has 0 saturated carbocycles. The van der Waals surface area contributed by atoms with Crippen molar-refractivity contribution in [3.05, 3.63) is 70.0 Å². The number of primary amides is 1. The van der Waals surface area contributed by atoms with Crippen molar-refractivity contribution in [2.75, 3.05) is 14.2 Å². The van der Waals surface area contributed by atoms with Gasteiger partial charge in [-0.05, 0) is 86.3 Å². The SMILES string of the molecule is CO.COC(=O)c1cc2cc(C)c(C)cc2[nH]1.Cc1cc2cc(C(N)=O)[nH]c2cc1C.N. The number of benzene rings is 2. The van der Waals surface area contributed by atoms with Crippen molar-refractivity contribution < 1.29 is 19.4 Å². The van der Waals surface area contributed by atoms with E-state index in [2.05, 4.69) is 27.7 Å². The molecule has 0 radical (unpaired) electrons. The number of carbonyl (C=O) groups is 2.